The number of halogens is 1. The summed E-state index contributed by atoms with van der Waals surface area (Å²) in [7, 11) is 3.28. The molecule has 0 heterocycles. The summed E-state index contributed by atoms with van der Waals surface area (Å²) < 4.78 is 6.04. The van der Waals surface area contributed by atoms with Crippen molar-refractivity contribution in [2.45, 2.75) is 0 Å². The van der Waals surface area contributed by atoms with Crippen LogP contribution in [0, 0.1) is 0 Å². The minimum absolute atomic E-state index is 0.145. The van der Waals surface area contributed by atoms with E-state index in [1.165, 1.54) is 0 Å². The highest BCUT2D eigenvalue weighted by atomic mass is 79.9. The average Bonchev–Trinajstić information content (AvgIpc) is 2.48. The minimum atomic E-state index is -0.145. The highest BCUT2D eigenvalue weighted by Gasteiger charge is 2.17. The van der Waals surface area contributed by atoms with Gasteiger partial charge in [-0.3, -0.25) is 4.79 Å². The van der Waals surface area contributed by atoms with Gasteiger partial charge in [-0.05, 0) is 46.3 Å². The number of benzene rings is 2. The van der Waals surface area contributed by atoms with Crippen molar-refractivity contribution in [2.75, 3.05) is 24.8 Å². The largest absolute Gasteiger partial charge is 0.495 e. The van der Waals surface area contributed by atoms with Gasteiger partial charge in [0.05, 0.1) is 12.8 Å². The molecule has 1 amide bonds. The number of hydrogen-bond donors (Lipinski definition) is 1. The Bertz CT molecular complexity index is 644. The Morgan fingerprint density at radius 3 is 2.60 bits per heavy atom. The molecule has 0 radical (unpaired) electrons. The molecule has 4 nitrogen and oxygen atoms in total. The van der Waals surface area contributed by atoms with Gasteiger partial charge in [-0.1, -0.05) is 12.1 Å². The zero-order chi connectivity index (χ0) is 14.7. The van der Waals surface area contributed by atoms with Gasteiger partial charge in [0.1, 0.15) is 5.75 Å². The number of para-hydroxylation sites is 2. The van der Waals surface area contributed by atoms with E-state index in [4.69, 9.17) is 10.5 Å². The molecule has 20 heavy (non-hydrogen) atoms. The van der Waals surface area contributed by atoms with E-state index in [0.29, 0.717) is 22.7 Å². The normalized spacial score (nSPS) is 10.2. The molecule has 2 aromatic carbocycles. The number of amides is 1. The van der Waals surface area contributed by atoms with Crippen molar-refractivity contribution in [1.29, 1.82) is 0 Å². The van der Waals surface area contributed by atoms with Crippen LogP contribution in [0.1, 0.15) is 10.4 Å². The third-order valence-electron chi connectivity index (χ3n) is 2.99. The number of nitrogen functional groups attached to an aromatic ring is 1. The Hall–Kier alpha value is -2.01. The van der Waals surface area contributed by atoms with Gasteiger partial charge in [-0.15, -0.1) is 0 Å². The Morgan fingerprint density at radius 1 is 1.25 bits per heavy atom. The highest BCUT2D eigenvalue weighted by Crippen LogP contribution is 2.28. The fourth-order valence-corrected chi connectivity index (χ4v) is 2.13. The fraction of sp³-hybridized carbons (Fsp3) is 0.133. The molecule has 0 aromatic heterocycles. The summed E-state index contributed by atoms with van der Waals surface area (Å²) in [5, 5.41) is 0. The molecular weight excluding hydrogens is 320 g/mol. The number of ether oxygens (including phenoxy) is 1. The summed E-state index contributed by atoms with van der Waals surface area (Å²) in [5.41, 5.74) is 7.58. The maximum atomic E-state index is 12.5. The van der Waals surface area contributed by atoms with E-state index in [-0.39, 0.29) is 5.91 Å². The van der Waals surface area contributed by atoms with Crippen LogP contribution in [0.2, 0.25) is 0 Å². The minimum Gasteiger partial charge on any atom is -0.495 e. The average molecular weight is 335 g/mol. The van der Waals surface area contributed by atoms with Gasteiger partial charge in [0.15, 0.2) is 0 Å². The Labute approximate surface area is 126 Å². The van der Waals surface area contributed by atoms with Gasteiger partial charge < -0.3 is 15.4 Å². The van der Waals surface area contributed by atoms with E-state index < -0.39 is 0 Å². The van der Waals surface area contributed by atoms with Crippen LogP contribution in [0.25, 0.3) is 0 Å². The van der Waals surface area contributed by atoms with Crippen LogP contribution in [0.3, 0.4) is 0 Å². The van der Waals surface area contributed by atoms with E-state index in [1.54, 1.807) is 37.3 Å². The first-order valence-electron chi connectivity index (χ1n) is 6.00. The number of nitrogens with two attached hydrogens (primary N) is 1. The SMILES string of the molecule is COc1ccccc1N(C)C(=O)c1ccc(Br)c(N)c1. The van der Waals surface area contributed by atoms with Gasteiger partial charge in [-0.25, -0.2) is 0 Å². The molecule has 0 aliphatic heterocycles. The summed E-state index contributed by atoms with van der Waals surface area (Å²) in [6.07, 6.45) is 0. The van der Waals surface area contributed by atoms with Gasteiger partial charge in [-0.2, -0.15) is 0 Å². The van der Waals surface area contributed by atoms with Crippen LogP contribution in [0.15, 0.2) is 46.9 Å². The Kier molecular flexibility index (Phi) is 4.29. The standard InChI is InChI=1S/C15H15BrN2O2/c1-18(13-5-3-4-6-14(13)20-2)15(19)10-7-8-11(16)12(17)9-10/h3-9H,17H2,1-2H3. The fourth-order valence-electron chi connectivity index (χ4n) is 1.89. The molecule has 2 rings (SSSR count). The van der Waals surface area contributed by atoms with Crippen molar-refractivity contribution >= 4 is 33.2 Å². The lowest BCUT2D eigenvalue weighted by molar-refractivity contribution is 0.0992. The lowest BCUT2D eigenvalue weighted by Gasteiger charge is -2.20. The van der Waals surface area contributed by atoms with Crippen molar-refractivity contribution in [3.63, 3.8) is 0 Å². The zero-order valence-electron chi connectivity index (χ0n) is 11.3. The lowest BCUT2D eigenvalue weighted by atomic mass is 10.1. The van der Waals surface area contributed by atoms with Crippen LogP contribution >= 0.6 is 15.9 Å². The molecule has 0 fully saturated rings. The maximum absolute atomic E-state index is 12.5. The number of methoxy groups -OCH3 is 1. The topological polar surface area (TPSA) is 55.6 Å². The molecule has 0 bridgehead atoms. The van der Waals surface area contributed by atoms with E-state index in [1.807, 2.05) is 24.3 Å². The number of hydrogen-bond acceptors (Lipinski definition) is 3. The summed E-state index contributed by atoms with van der Waals surface area (Å²) >= 11 is 3.31. The Balaban J connectivity index is 2.34. The molecule has 0 atom stereocenters. The molecular formula is C15H15BrN2O2. The third-order valence-corrected chi connectivity index (χ3v) is 3.72. The molecule has 0 aliphatic carbocycles. The van der Waals surface area contributed by atoms with Crippen LogP contribution in [0.4, 0.5) is 11.4 Å². The van der Waals surface area contributed by atoms with Crippen LogP contribution < -0.4 is 15.4 Å². The molecule has 0 saturated heterocycles. The maximum Gasteiger partial charge on any atom is 0.258 e. The van der Waals surface area contributed by atoms with Crippen molar-refractivity contribution in [2.24, 2.45) is 0 Å². The van der Waals surface area contributed by atoms with Gasteiger partial charge in [0.2, 0.25) is 0 Å². The smallest absolute Gasteiger partial charge is 0.258 e. The summed E-state index contributed by atoms with van der Waals surface area (Å²) in [6, 6.07) is 12.5. The molecule has 0 unspecified atom stereocenters. The number of nitrogens with zero attached hydrogens (tertiary/aromatic N) is 1. The van der Waals surface area contributed by atoms with Crippen LogP contribution in [-0.2, 0) is 0 Å². The number of rotatable bonds is 3. The van der Waals surface area contributed by atoms with Crippen molar-refractivity contribution in [3.8, 4) is 5.75 Å². The van der Waals surface area contributed by atoms with E-state index in [9.17, 15) is 4.79 Å². The lowest BCUT2D eigenvalue weighted by Crippen LogP contribution is -2.26. The second-order valence-electron chi connectivity index (χ2n) is 4.27. The number of carbonyl (C=O) groups is 1. The molecule has 0 aliphatic rings. The quantitative estimate of drug-likeness (QED) is 0.876. The predicted molar refractivity (Wildman–Crippen MR) is 84.3 cm³/mol. The van der Waals surface area contributed by atoms with Gasteiger partial charge in [0.25, 0.3) is 5.91 Å². The summed E-state index contributed by atoms with van der Waals surface area (Å²) in [4.78, 5) is 14.0. The van der Waals surface area contributed by atoms with Crippen molar-refractivity contribution < 1.29 is 9.53 Å². The van der Waals surface area contributed by atoms with E-state index >= 15 is 0 Å². The highest BCUT2D eigenvalue weighted by molar-refractivity contribution is 9.10. The Morgan fingerprint density at radius 2 is 1.95 bits per heavy atom. The molecule has 2 N–H and O–H groups in total. The zero-order valence-corrected chi connectivity index (χ0v) is 12.8. The molecule has 0 saturated carbocycles. The molecule has 5 heteroatoms. The number of carbonyl (C=O) groups excluding carboxylic acids is 1. The second kappa shape index (κ2) is 5.96. The van der Waals surface area contributed by atoms with E-state index in [0.717, 1.165) is 4.47 Å². The second-order valence-corrected chi connectivity index (χ2v) is 5.13. The first-order chi connectivity index (χ1) is 9.54. The predicted octanol–water partition coefficient (Wildman–Crippen LogP) is 3.32. The summed E-state index contributed by atoms with van der Waals surface area (Å²) in [5.74, 6) is 0.502. The first-order valence-corrected chi connectivity index (χ1v) is 6.80. The van der Waals surface area contributed by atoms with Crippen LogP contribution in [-0.4, -0.2) is 20.1 Å². The summed E-state index contributed by atoms with van der Waals surface area (Å²) in [6.45, 7) is 0. The van der Waals surface area contributed by atoms with E-state index in [2.05, 4.69) is 15.9 Å². The first kappa shape index (κ1) is 14.4. The molecule has 104 valence electrons. The van der Waals surface area contributed by atoms with Gasteiger partial charge in [0, 0.05) is 22.8 Å². The molecule has 0 spiro atoms. The van der Waals surface area contributed by atoms with Crippen molar-refractivity contribution in [3.05, 3.63) is 52.5 Å². The monoisotopic (exact) mass is 334 g/mol. The molecule has 2 aromatic rings. The van der Waals surface area contributed by atoms with Crippen LogP contribution in [0.5, 0.6) is 5.75 Å². The van der Waals surface area contributed by atoms with Crippen molar-refractivity contribution in [1.82, 2.24) is 0 Å². The van der Waals surface area contributed by atoms with Gasteiger partial charge >= 0.3 is 0 Å². The number of anilines is 2. The third kappa shape index (κ3) is 2.77.